The van der Waals surface area contributed by atoms with Crippen molar-refractivity contribution >= 4 is 11.7 Å². The van der Waals surface area contributed by atoms with Gasteiger partial charge in [-0.15, -0.1) is 0 Å². The van der Waals surface area contributed by atoms with Gasteiger partial charge in [0, 0.05) is 17.5 Å². The quantitative estimate of drug-likeness (QED) is 0.810. The van der Waals surface area contributed by atoms with E-state index in [4.69, 9.17) is 5.11 Å². The third kappa shape index (κ3) is 2.56. The summed E-state index contributed by atoms with van der Waals surface area (Å²) in [5, 5.41) is 22.9. The van der Waals surface area contributed by atoms with Crippen molar-refractivity contribution in [2.75, 3.05) is 0 Å². The van der Waals surface area contributed by atoms with Crippen LogP contribution in [0.25, 0.3) is 0 Å². The maximum atomic E-state index is 13.4. The second-order valence-electron chi connectivity index (χ2n) is 4.97. The lowest BCUT2D eigenvalue weighted by Gasteiger charge is -2.22. The topological polar surface area (TPSA) is 81.9 Å². The Labute approximate surface area is 125 Å². The molecular formula is C16H13FN2O3. The number of hydrogen-bond donors (Lipinski definition) is 3. The van der Waals surface area contributed by atoms with E-state index < -0.39 is 18.0 Å². The number of aromatic carboxylic acids is 1. The highest BCUT2D eigenvalue weighted by atomic mass is 19.1. The molecule has 0 aliphatic carbocycles. The first kappa shape index (κ1) is 14.2. The number of carbonyl (C=O) groups is 1. The van der Waals surface area contributed by atoms with E-state index in [0.29, 0.717) is 23.3 Å². The van der Waals surface area contributed by atoms with Gasteiger partial charge in [-0.2, -0.15) is 5.10 Å². The molecule has 1 aliphatic heterocycles. The minimum Gasteiger partial charge on any atom is -0.478 e. The number of aliphatic hydroxyl groups excluding tert-OH is 1. The molecule has 0 aromatic heterocycles. The summed E-state index contributed by atoms with van der Waals surface area (Å²) in [4.78, 5) is 11.0. The second kappa shape index (κ2) is 5.57. The third-order valence-corrected chi connectivity index (χ3v) is 3.52. The average Bonchev–Trinajstić information content (AvgIpc) is 2.52. The molecule has 0 amide bonds. The van der Waals surface area contributed by atoms with E-state index in [1.807, 2.05) is 18.2 Å². The number of nitrogens with zero attached hydrogens (tertiary/aromatic N) is 1. The largest absolute Gasteiger partial charge is 0.478 e. The minimum atomic E-state index is -1.31. The lowest BCUT2D eigenvalue weighted by atomic mass is 9.95. The number of hydrogen-bond acceptors (Lipinski definition) is 4. The third-order valence-electron chi connectivity index (χ3n) is 3.52. The number of nitrogens with one attached hydrogen (secondary N) is 1. The molecule has 0 fully saturated rings. The molecule has 0 spiro atoms. The van der Waals surface area contributed by atoms with Gasteiger partial charge in [0.1, 0.15) is 5.82 Å². The van der Waals surface area contributed by atoms with E-state index >= 15 is 0 Å². The highest BCUT2D eigenvalue weighted by Crippen LogP contribution is 2.23. The van der Waals surface area contributed by atoms with E-state index in [2.05, 4.69) is 10.5 Å². The van der Waals surface area contributed by atoms with Gasteiger partial charge in [-0.05, 0) is 17.7 Å². The van der Waals surface area contributed by atoms with Gasteiger partial charge in [-0.25, -0.2) is 9.18 Å². The van der Waals surface area contributed by atoms with Gasteiger partial charge in [0.05, 0.1) is 11.3 Å². The molecule has 0 bridgehead atoms. The molecule has 2 aromatic carbocycles. The van der Waals surface area contributed by atoms with Crippen LogP contribution < -0.4 is 5.43 Å². The number of fused-ring (bicyclic) bond motifs is 1. The molecule has 1 unspecified atom stereocenters. The van der Waals surface area contributed by atoms with Crippen molar-refractivity contribution in [3.05, 3.63) is 70.5 Å². The van der Waals surface area contributed by atoms with E-state index in [-0.39, 0.29) is 5.56 Å². The number of carboxylic acid groups (broad SMARTS) is 1. The van der Waals surface area contributed by atoms with Gasteiger partial charge in [0.2, 0.25) is 0 Å². The maximum Gasteiger partial charge on any atom is 0.338 e. The van der Waals surface area contributed by atoms with Crippen LogP contribution in [0.3, 0.4) is 0 Å². The predicted octanol–water partition coefficient (Wildman–Crippen LogP) is 2.06. The molecule has 6 heteroatoms. The highest BCUT2D eigenvalue weighted by Gasteiger charge is 2.21. The lowest BCUT2D eigenvalue weighted by molar-refractivity contribution is 0.0691. The standard InChI is InChI=1S/C16H13FN2O3/c17-13-6-5-9(7-12(13)16(21)22)8-14-10-3-1-2-4-11(10)15(20)19-18-14/h1-7,15,19-20H,8H2,(H,21,22). The van der Waals surface area contributed by atoms with Crippen molar-refractivity contribution in [3.63, 3.8) is 0 Å². The number of carboxylic acids is 1. The smallest absolute Gasteiger partial charge is 0.338 e. The van der Waals surface area contributed by atoms with Gasteiger partial charge in [-0.1, -0.05) is 30.3 Å². The zero-order chi connectivity index (χ0) is 15.7. The first-order chi connectivity index (χ1) is 10.6. The van der Waals surface area contributed by atoms with Crippen molar-refractivity contribution < 1.29 is 19.4 Å². The van der Waals surface area contributed by atoms with Gasteiger partial charge in [0.15, 0.2) is 6.23 Å². The molecule has 1 heterocycles. The number of halogens is 1. The summed E-state index contributed by atoms with van der Waals surface area (Å²) < 4.78 is 13.4. The van der Waals surface area contributed by atoms with Crippen molar-refractivity contribution in [2.45, 2.75) is 12.6 Å². The van der Waals surface area contributed by atoms with Crippen molar-refractivity contribution in [1.82, 2.24) is 5.43 Å². The summed E-state index contributed by atoms with van der Waals surface area (Å²) in [6, 6.07) is 11.2. The average molecular weight is 300 g/mol. The summed E-state index contributed by atoms with van der Waals surface area (Å²) in [5.74, 6) is -2.07. The summed E-state index contributed by atoms with van der Waals surface area (Å²) >= 11 is 0. The fourth-order valence-corrected chi connectivity index (χ4v) is 2.44. The van der Waals surface area contributed by atoms with E-state index in [0.717, 1.165) is 11.6 Å². The Hall–Kier alpha value is -2.73. The first-order valence-corrected chi connectivity index (χ1v) is 6.67. The maximum absolute atomic E-state index is 13.4. The molecule has 2 aromatic rings. The number of aliphatic hydroxyl groups is 1. The van der Waals surface area contributed by atoms with Crippen LogP contribution >= 0.6 is 0 Å². The predicted molar refractivity (Wildman–Crippen MR) is 78.1 cm³/mol. The summed E-state index contributed by atoms with van der Waals surface area (Å²) in [6.45, 7) is 0. The summed E-state index contributed by atoms with van der Waals surface area (Å²) in [7, 11) is 0. The second-order valence-corrected chi connectivity index (χ2v) is 4.97. The van der Waals surface area contributed by atoms with Crippen LogP contribution in [0.1, 0.15) is 33.3 Å². The van der Waals surface area contributed by atoms with Gasteiger partial charge in [-0.3, -0.25) is 5.43 Å². The monoisotopic (exact) mass is 300 g/mol. The van der Waals surface area contributed by atoms with Gasteiger partial charge in [0.25, 0.3) is 0 Å². The zero-order valence-corrected chi connectivity index (χ0v) is 11.5. The molecule has 5 nitrogen and oxygen atoms in total. The van der Waals surface area contributed by atoms with Crippen LogP contribution in [-0.4, -0.2) is 21.9 Å². The number of hydrazone groups is 1. The Bertz CT molecular complexity index is 774. The van der Waals surface area contributed by atoms with Crippen molar-refractivity contribution in [3.8, 4) is 0 Å². The Morgan fingerprint density at radius 1 is 1.27 bits per heavy atom. The Morgan fingerprint density at radius 2 is 2.05 bits per heavy atom. The van der Waals surface area contributed by atoms with Crippen LogP contribution in [0.2, 0.25) is 0 Å². The fourth-order valence-electron chi connectivity index (χ4n) is 2.44. The summed E-state index contributed by atoms with van der Waals surface area (Å²) in [5.41, 5.74) is 5.02. The van der Waals surface area contributed by atoms with Crippen LogP contribution in [0.5, 0.6) is 0 Å². The SMILES string of the molecule is O=C(O)c1cc(CC2=NNC(O)c3ccccc32)ccc1F. The van der Waals surface area contributed by atoms with E-state index in [9.17, 15) is 14.3 Å². The molecule has 0 saturated carbocycles. The number of benzene rings is 2. The minimum absolute atomic E-state index is 0.331. The molecule has 22 heavy (non-hydrogen) atoms. The molecule has 0 saturated heterocycles. The molecule has 3 rings (SSSR count). The van der Waals surface area contributed by atoms with Crippen LogP contribution in [0.4, 0.5) is 4.39 Å². The lowest BCUT2D eigenvalue weighted by Crippen LogP contribution is -2.26. The van der Waals surface area contributed by atoms with Crippen LogP contribution in [0, 0.1) is 5.82 Å². The van der Waals surface area contributed by atoms with Crippen LogP contribution in [0.15, 0.2) is 47.6 Å². The van der Waals surface area contributed by atoms with Crippen LogP contribution in [-0.2, 0) is 6.42 Å². The fraction of sp³-hybridized carbons (Fsp3) is 0.125. The highest BCUT2D eigenvalue weighted by molar-refractivity contribution is 6.03. The van der Waals surface area contributed by atoms with Crippen molar-refractivity contribution in [2.24, 2.45) is 5.10 Å². The Kier molecular flexibility index (Phi) is 3.60. The van der Waals surface area contributed by atoms with Gasteiger partial charge < -0.3 is 10.2 Å². The van der Waals surface area contributed by atoms with Crippen molar-refractivity contribution in [1.29, 1.82) is 0 Å². The summed E-state index contributed by atoms with van der Waals surface area (Å²) in [6.07, 6.45) is -0.542. The molecule has 0 radical (unpaired) electrons. The molecular weight excluding hydrogens is 287 g/mol. The van der Waals surface area contributed by atoms with E-state index in [1.165, 1.54) is 12.1 Å². The normalized spacial score (nSPS) is 16.5. The first-order valence-electron chi connectivity index (χ1n) is 6.67. The van der Waals surface area contributed by atoms with Gasteiger partial charge >= 0.3 is 5.97 Å². The Balaban J connectivity index is 1.94. The molecule has 1 aliphatic rings. The molecule has 3 N–H and O–H groups in total. The Morgan fingerprint density at radius 3 is 2.82 bits per heavy atom. The molecule has 112 valence electrons. The molecule has 1 atom stereocenters. The number of rotatable bonds is 3. The van der Waals surface area contributed by atoms with E-state index in [1.54, 1.807) is 6.07 Å². The zero-order valence-electron chi connectivity index (χ0n) is 11.5.